The van der Waals surface area contributed by atoms with E-state index in [-0.39, 0.29) is 5.91 Å². The quantitative estimate of drug-likeness (QED) is 0.851. The summed E-state index contributed by atoms with van der Waals surface area (Å²) >= 11 is 0. The van der Waals surface area contributed by atoms with E-state index in [0.717, 1.165) is 25.9 Å². The van der Waals surface area contributed by atoms with Crippen LogP contribution >= 0.6 is 0 Å². The lowest BCUT2D eigenvalue weighted by atomic mass is 10.00. The fourth-order valence-electron chi connectivity index (χ4n) is 3.01. The number of pyridine rings is 2. The Balaban J connectivity index is 1.66. The van der Waals surface area contributed by atoms with Crippen LogP contribution in [0.2, 0.25) is 0 Å². The molecule has 0 spiro atoms. The van der Waals surface area contributed by atoms with Crippen molar-refractivity contribution >= 4 is 5.91 Å². The normalized spacial score (nSPS) is 17.3. The van der Waals surface area contributed by atoms with Crippen LogP contribution in [-0.4, -0.2) is 40.5 Å². The van der Waals surface area contributed by atoms with Crippen molar-refractivity contribution in [1.29, 1.82) is 0 Å². The second-order valence-corrected chi connectivity index (χ2v) is 5.75. The summed E-state index contributed by atoms with van der Waals surface area (Å²) in [5.41, 5.74) is 1.69. The van der Waals surface area contributed by atoms with E-state index in [0.29, 0.717) is 24.0 Å². The number of hydrogen-bond donors (Lipinski definition) is 0. The van der Waals surface area contributed by atoms with Gasteiger partial charge in [-0.1, -0.05) is 0 Å². The van der Waals surface area contributed by atoms with Gasteiger partial charge in [-0.3, -0.25) is 9.78 Å². The minimum Gasteiger partial charge on any atom is -0.491 e. The van der Waals surface area contributed by atoms with Gasteiger partial charge in [0, 0.05) is 31.7 Å². The van der Waals surface area contributed by atoms with Gasteiger partial charge < -0.3 is 9.64 Å². The van der Waals surface area contributed by atoms with Gasteiger partial charge in [0.25, 0.3) is 5.91 Å². The summed E-state index contributed by atoms with van der Waals surface area (Å²) in [5.74, 6) is 1.02. The summed E-state index contributed by atoms with van der Waals surface area (Å²) < 4.78 is 5.52. The van der Waals surface area contributed by atoms with Gasteiger partial charge >= 0.3 is 0 Å². The number of amides is 1. The van der Waals surface area contributed by atoms with Crippen LogP contribution in [0.15, 0.2) is 42.9 Å². The molecule has 5 nitrogen and oxygen atoms in total. The van der Waals surface area contributed by atoms with Crippen molar-refractivity contribution in [2.75, 3.05) is 19.7 Å². The summed E-state index contributed by atoms with van der Waals surface area (Å²) in [4.78, 5) is 22.9. The fraction of sp³-hybridized carbons (Fsp3) is 0.389. The Morgan fingerprint density at radius 3 is 2.91 bits per heavy atom. The standard InChI is InChI=1S/C18H21N3O2/c1-2-23-16-4-3-8-20-17(16)18(22)21-11-7-15(13-21)12-14-5-9-19-10-6-14/h3-6,8-10,15H,2,7,11-13H2,1H3. The van der Waals surface area contributed by atoms with Gasteiger partial charge in [0.1, 0.15) is 0 Å². The average Bonchev–Trinajstić information content (AvgIpc) is 3.04. The molecule has 1 saturated heterocycles. The third-order valence-electron chi connectivity index (χ3n) is 4.12. The summed E-state index contributed by atoms with van der Waals surface area (Å²) in [7, 11) is 0. The molecule has 2 aromatic heterocycles. The molecule has 0 aliphatic carbocycles. The van der Waals surface area contributed by atoms with Crippen molar-refractivity contribution in [3.05, 3.63) is 54.1 Å². The number of carbonyl (C=O) groups is 1. The first-order chi connectivity index (χ1) is 11.3. The molecule has 0 radical (unpaired) electrons. The summed E-state index contributed by atoms with van der Waals surface area (Å²) in [6, 6.07) is 7.67. The molecule has 1 aliphatic heterocycles. The van der Waals surface area contributed by atoms with E-state index in [4.69, 9.17) is 4.74 Å². The Morgan fingerprint density at radius 2 is 2.13 bits per heavy atom. The highest BCUT2D eigenvalue weighted by molar-refractivity contribution is 5.95. The van der Waals surface area contributed by atoms with Crippen LogP contribution in [0, 0.1) is 5.92 Å². The Bertz CT molecular complexity index is 660. The Kier molecular flexibility index (Phi) is 4.86. The van der Waals surface area contributed by atoms with Gasteiger partial charge in [-0.15, -0.1) is 0 Å². The molecule has 120 valence electrons. The molecule has 1 aliphatic rings. The zero-order valence-corrected chi connectivity index (χ0v) is 13.3. The lowest BCUT2D eigenvalue weighted by Crippen LogP contribution is -2.30. The maximum atomic E-state index is 12.7. The van der Waals surface area contributed by atoms with Gasteiger partial charge in [0.15, 0.2) is 11.4 Å². The van der Waals surface area contributed by atoms with Crippen molar-refractivity contribution in [2.45, 2.75) is 19.8 Å². The number of rotatable bonds is 5. The Labute approximate surface area is 136 Å². The molecule has 1 fully saturated rings. The van der Waals surface area contributed by atoms with E-state index < -0.39 is 0 Å². The first-order valence-electron chi connectivity index (χ1n) is 8.04. The van der Waals surface area contributed by atoms with Crippen molar-refractivity contribution < 1.29 is 9.53 Å². The molecule has 0 bridgehead atoms. The van der Waals surface area contributed by atoms with Crippen molar-refractivity contribution in [3.63, 3.8) is 0 Å². The highest BCUT2D eigenvalue weighted by atomic mass is 16.5. The van der Waals surface area contributed by atoms with Crippen molar-refractivity contribution in [1.82, 2.24) is 14.9 Å². The van der Waals surface area contributed by atoms with Gasteiger partial charge in [-0.05, 0) is 55.5 Å². The fourth-order valence-corrected chi connectivity index (χ4v) is 3.01. The molecule has 1 atom stereocenters. The monoisotopic (exact) mass is 311 g/mol. The Morgan fingerprint density at radius 1 is 1.30 bits per heavy atom. The SMILES string of the molecule is CCOc1cccnc1C(=O)N1CCC(Cc2ccncc2)C1. The Hall–Kier alpha value is -2.43. The van der Waals surface area contributed by atoms with Gasteiger partial charge in [0.05, 0.1) is 6.61 Å². The molecule has 0 saturated carbocycles. The molecule has 3 rings (SSSR count). The molecule has 2 aromatic rings. The topological polar surface area (TPSA) is 55.3 Å². The maximum Gasteiger partial charge on any atom is 0.276 e. The third-order valence-corrected chi connectivity index (χ3v) is 4.12. The summed E-state index contributed by atoms with van der Waals surface area (Å²) in [6.07, 6.45) is 7.27. The predicted molar refractivity (Wildman–Crippen MR) is 87.4 cm³/mol. The van der Waals surface area contributed by atoms with Gasteiger partial charge in [0.2, 0.25) is 0 Å². The second-order valence-electron chi connectivity index (χ2n) is 5.75. The number of carbonyl (C=O) groups excluding carboxylic acids is 1. The molecular formula is C18H21N3O2. The zero-order chi connectivity index (χ0) is 16.1. The van der Waals surface area contributed by atoms with Crippen molar-refractivity contribution in [3.8, 4) is 5.75 Å². The number of ether oxygens (including phenoxy) is 1. The molecular weight excluding hydrogens is 290 g/mol. The minimum atomic E-state index is -0.0359. The average molecular weight is 311 g/mol. The largest absolute Gasteiger partial charge is 0.491 e. The first-order valence-corrected chi connectivity index (χ1v) is 8.04. The molecule has 0 N–H and O–H groups in total. The number of hydrogen-bond acceptors (Lipinski definition) is 4. The van der Waals surface area contributed by atoms with Crippen LogP contribution < -0.4 is 4.74 Å². The van der Waals surface area contributed by atoms with Gasteiger partial charge in [-0.25, -0.2) is 4.98 Å². The zero-order valence-electron chi connectivity index (χ0n) is 13.3. The third kappa shape index (κ3) is 3.67. The van der Waals surface area contributed by atoms with Crippen LogP contribution in [0.5, 0.6) is 5.75 Å². The number of likely N-dealkylation sites (tertiary alicyclic amines) is 1. The van der Waals surface area contributed by atoms with Crippen LogP contribution in [0.25, 0.3) is 0 Å². The number of aromatic nitrogens is 2. The molecule has 1 amide bonds. The highest BCUT2D eigenvalue weighted by Crippen LogP contribution is 2.24. The van der Waals surface area contributed by atoms with E-state index in [1.54, 1.807) is 18.3 Å². The predicted octanol–water partition coefficient (Wildman–Crippen LogP) is 2.58. The lowest BCUT2D eigenvalue weighted by molar-refractivity contribution is 0.0776. The minimum absolute atomic E-state index is 0.0359. The maximum absolute atomic E-state index is 12.7. The van der Waals surface area contributed by atoms with E-state index in [2.05, 4.69) is 9.97 Å². The van der Waals surface area contributed by atoms with Crippen LogP contribution in [0.1, 0.15) is 29.4 Å². The van der Waals surface area contributed by atoms with E-state index in [1.807, 2.05) is 36.4 Å². The van der Waals surface area contributed by atoms with E-state index in [1.165, 1.54) is 5.56 Å². The van der Waals surface area contributed by atoms with E-state index in [9.17, 15) is 4.79 Å². The summed E-state index contributed by atoms with van der Waals surface area (Å²) in [5, 5.41) is 0. The molecule has 5 heteroatoms. The highest BCUT2D eigenvalue weighted by Gasteiger charge is 2.29. The van der Waals surface area contributed by atoms with E-state index >= 15 is 0 Å². The first kappa shape index (κ1) is 15.5. The lowest BCUT2D eigenvalue weighted by Gasteiger charge is -2.17. The summed E-state index contributed by atoms with van der Waals surface area (Å²) in [6.45, 7) is 3.97. The van der Waals surface area contributed by atoms with Crippen LogP contribution in [0.4, 0.5) is 0 Å². The molecule has 3 heterocycles. The molecule has 1 unspecified atom stereocenters. The smallest absolute Gasteiger partial charge is 0.276 e. The number of nitrogens with zero attached hydrogens (tertiary/aromatic N) is 3. The molecule has 0 aromatic carbocycles. The van der Waals surface area contributed by atoms with Gasteiger partial charge in [-0.2, -0.15) is 0 Å². The van der Waals surface area contributed by atoms with Crippen molar-refractivity contribution in [2.24, 2.45) is 5.92 Å². The van der Waals surface area contributed by atoms with Crippen LogP contribution in [0.3, 0.4) is 0 Å². The van der Waals surface area contributed by atoms with Crippen LogP contribution in [-0.2, 0) is 6.42 Å². The molecule has 23 heavy (non-hydrogen) atoms. The second kappa shape index (κ2) is 7.22.